The molecule has 0 bridgehead atoms. The number of nitriles is 1. The molecular weight excluding hydrogens is 368 g/mol. The molecule has 1 aromatic carbocycles. The quantitative estimate of drug-likeness (QED) is 0.329. The van der Waals surface area contributed by atoms with Crippen LogP contribution in [0.2, 0.25) is 0 Å². The first-order valence-corrected chi connectivity index (χ1v) is 10.2. The minimum absolute atomic E-state index is 0.00104. The lowest BCUT2D eigenvalue weighted by Crippen LogP contribution is -2.54. The third-order valence-corrected chi connectivity index (χ3v) is 5.91. The van der Waals surface area contributed by atoms with Gasteiger partial charge >= 0.3 is 0 Å². The fourth-order valence-corrected chi connectivity index (χ4v) is 4.19. The van der Waals surface area contributed by atoms with E-state index in [9.17, 15) is 4.79 Å². The Morgan fingerprint density at radius 1 is 1.34 bits per heavy atom. The van der Waals surface area contributed by atoms with Crippen LogP contribution in [0.25, 0.3) is 0 Å². The van der Waals surface area contributed by atoms with Gasteiger partial charge in [0.25, 0.3) is 0 Å². The zero-order valence-corrected chi connectivity index (χ0v) is 16.9. The molecule has 0 radical (unpaired) electrons. The predicted octanol–water partition coefficient (Wildman–Crippen LogP) is 0.618. The Morgan fingerprint density at radius 3 is 2.72 bits per heavy atom. The first-order valence-electron chi connectivity index (χ1n) is 10.2. The van der Waals surface area contributed by atoms with Gasteiger partial charge in [-0.25, -0.2) is 0 Å². The van der Waals surface area contributed by atoms with Crippen molar-refractivity contribution >= 4 is 11.9 Å². The van der Waals surface area contributed by atoms with Crippen LogP contribution in [-0.4, -0.2) is 57.3 Å². The van der Waals surface area contributed by atoms with Gasteiger partial charge in [-0.05, 0) is 31.2 Å². The molecule has 1 saturated carbocycles. The molecule has 1 atom stereocenters. The van der Waals surface area contributed by atoms with E-state index in [-0.39, 0.29) is 23.4 Å². The van der Waals surface area contributed by atoms with Gasteiger partial charge in [0, 0.05) is 31.6 Å². The number of guanidine groups is 1. The number of hydrogen-bond acceptors (Lipinski definition) is 5. The summed E-state index contributed by atoms with van der Waals surface area (Å²) >= 11 is 0. The summed E-state index contributed by atoms with van der Waals surface area (Å²) < 4.78 is 5.41. The van der Waals surface area contributed by atoms with E-state index in [1.54, 1.807) is 7.05 Å². The highest BCUT2D eigenvalue weighted by Crippen LogP contribution is 2.39. The lowest BCUT2D eigenvalue weighted by molar-refractivity contribution is -0.126. The van der Waals surface area contributed by atoms with E-state index in [0.717, 1.165) is 25.7 Å². The van der Waals surface area contributed by atoms with E-state index in [1.165, 1.54) is 5.56 Å². The van der Waals surface area contributed by atoms with Gasteiger partial charge in [-0.2, -0.15) is 5.26 Å². The number of morpholine rings is 1. The molecule has 2 aliphatic rings. The van der Waals surface area contributed by atoms with Gasteiger partial charge in [-0.1, -0.05) is 30.3 Å². The number of aliphatic imine (C=N–C) groups is 1. The minimum Gasteiger partial charge on any atom is -0.378 e. The van der Waals surface area contributed by atoms with Crippen LogP contribution in [0, 0.1) is 11.5 Å². The molecule has 8 nitrogen and oxygen atoms in total. The summed E-state index contributed by atoms with van der Waals surface area (Å²) in [5.41, 5.74) is 1.16. The molecule has 0 aromatic heterocycles. The number of carbonyl (C=O) groups is 1. The second kappa shape index (κ2) is 10.2. The molecule has 156 valence electrons. The van der Waals surface area contributed by atoms with Crippen molar-refractivity contribution in [2.45, 2.75) is 43.2 Å². The molecule has 1 unspecified atom stereocenters. The maximum atomic E-state index is 12.6. The van der Waals surface area contributed by atoms with Gasteiger partial charge < -0.3 is 26.0 Å². The Balaban J connectivity index is 1.66. The molecule has 0 spiro atoms. The van der Waals surface area contributed by atoms with E-state index >= 15 is 0 Å². The maximum Gasteiger partial charge on any atom is 0.239 e. The number of nitrogens with zero attached hydrogens (tertiary/aromatic N) is 2. The highest BCUT2D eigenvalue weighted by Gasteiger charge is 2.38. The monoisotopic (exact) mass is 398 g/mol. The van der Waals surface area contributed by atoms with E-state index in [2.05, 4.69) is 50.5 Å². The summed E-state index contributed by atoms with van der Waals surface area (Å²) in [6.07, 6.45) is 5.55. The van der Waals surface area contributed by atoms with Crippen molar-refractivity contribution in [2.24, 2.45) is 4.99 Å². The first kappa shape index (κ1) is 21.1. The summed E-state index contributed by atoms with van der Waals surface area (Å²) in [4.78, 5) is 16.4. The number of benzene rings is 1. The number of nitrogens with one attached hydrogen (secondary N) is 4. The SMILES string of the molecule is CN/C(=N\C#N)N[C@H]1CC[C@](CNC(=O)C2COCCN2)(c2ccccc2)CC1. The second-order valence-corrected chi connectivity index (χ2v) is 7.67. The summed E-state index contributed by atoms with van der Waals surface area (Å²) in [5, 5.41) is 21.4. The molecular formula is C21H30N6O2. The third kappa shape index (κ3) is 5.46. The highest BCUT2D eigenvalue weighted by molar-refractivity contribution is 5.82. The van der Waals surface area contributed by atoms with Crippen LogP contribution in [0.1, 0.15) is 31.2 Å². The van der Waals surface area contributed by atoms with Crippen molar-refractivity contribution in [1.82, 2.24) is 21.3 Å². The molecule has 29 heavy (non-hydrogen) atoms. The maximum absolute atomic E-state index is 12.6. The molecule has 1 amide bonds. The van der Waals surface area contributed by atoms with Gasteiger partial charge in [-0.15, -0.1) is 4.99 Å². The molecule has 1 aromatic rings. The van der Waals surface area contributed by atoms with Crippen molar-refractivity contribution in [3.8, 4) is 6.19 Å². The van der Waals surface area contributed by atoms with Gasteiger partial charge in [-0.3, -0.25) is 4.79 Å². The molecule has 1 saturated heterocycles. The normalized spacial score (nSPS) is 27.5. The van der Waals surface area contributed by atoms with E-state index in [1.807, 2.05) is 12.3 Å². The van der Waals surface area contributed by atoms with Gasteiger partial charge in [0.05, 0.1) is 13.2 Å². The van der Waals surface area contributed by atoms with Crippen molar-refractivity contribution in [3.63, 3.8) is 0 Å². The molecule has 1 heterocycles. The summed E-state index contributed by atoms with van der Waals surface area (Å²) in [6, 6.07) is 10.4. The molecule has 3 rings (SSSR count). The van der Waals surface area contributed by atoms with Crippen LogP contribution in [0.4, 0.5) is 0 Å². The van der Waals surface area contributed by atoms with E-state index in [4.69, 9.17) is 10.00 Å². The van der Waals surface area contributed by atoms with Crippen LogP contribution in [-0.2, 0) is 14.9 Å². The fraction of sp³-hybridized carbons (Fsp3) is 0.571. The first-order chi connectivity index (χ1) is 14.2. The van der Waals surface area contributed by atoms with Crippen molar-refractivity contribution in [3.05, 3.63) is 35.9 Å². The molecule has 1 aliphatic carbocycles. The topological polar surface area (TPSA) is 111 Å². The van der Waals surface area contributed by atoms with Crippen LogP contribution >= 0.6 is 0 Å². The number of hydrogen-bond donors (Lipinski definition) is 4. The summed E-state index contributed by atoms with van der Waals surface area (Å²) in [6.45, 7) is 2.37. The molecule has 2 fully saturated rings. The van der Waals surface area contributed by atoms with E-state index in [0.29, 0.717) is 32.3 Å². The Hall–Kier alpha value is -2.63. The highest BCUT2D eigenvalue weighted by atomic mass is 16.5. The molecule has 8 heteroatoms. The van der Waals surface area contributed by atoms with Gasteiger partial charge in [0.2, 0.25) is 18.1 Å². The summed E-state index contributed by atoms with van der Waals surface area (Å²) in [5.74, 6) is 0.500. The van der Waals surface area contributed by atoms with Gasteiger partial charge in [0.15, 0.2) is 0 Å². The fourth-order valence-electron chi connectivity index (χ4n) is 4.19. The van der Waals surface area contributed by atoms with Gasteiger partial charge in [0.1, 0.15) is 6.04 Å². The van der Waals surface area contributed by atoms with E-state index < -0.39 is 0 Å². The average molecular weight is 399 g/mol. The van der Waals surface area contributed by atoms with Crippen LogP contribution in [0.15, 0.2) is 35.3 Å². The number of carbonyl (C=O) groups excluding carboxylic acids is 1. The minimum atomic E-state index is -0.282. The molecule has 4 N–H and O–H groups in total. The smallest absolute Gasteiger partial charge is 0.239 e. The number of ether oxygens (including phenoxy) is 1. The Kier molecular flexibility index (Phi) is 7.44. The zero-order valence-electron chi connectivity index (χ0n) is 16.9. The second-order valence-electron chi connectivity index (χ2n) is 7.67. The Morgan fingerprint density at radius 2 is 2.10 bits per heavy atom. The Bertz CT molecular complexity index is 731. The lowest BCUT2D eigenvalue weighted by atomic mass is 9.68. The van der Waals surface area contributed by atoms with Crippen LogP contribution < -0.4 is 21.3 Å². The van der Waals surface area contributed by atoms with Crippen molar-refractivity contribution in [1.29, 1.82) is 5.26 Å². The zero-order chi connectivity index (χ0) is 20.5. The Labute approximate surface area is 172 Å². The van der Waals surface area contributed by atoms with Crippen molar-refractivity contribution < 1.29 is 9.53 Å². The average Bonchev–Trinajstić information content (AvgIpc) is 2.79. The summed E-state index contributed by atoms with van der Waals surface area (Å²) in [7, 11) is 1.75. The molecule has 1 aliphatic heterocycles. The number of amides is 1. The lowest BCUT2D eigenvalue weighted by Gasteiger charge is -2.41. The largest absolute Gasteiger partial charge is 0.378 e. The number of rotatable bonds is 5. The van der Waals surface area contributed by atoms with Crippen LogP contribution in [0.5, 0.6) is 0 Å². The van der Waals surface area contributed by atoms with Crippen LogP contribution in [0.3, 0.4) is 0 Å². The standard InChI is InChI=1S/C21H30N6O2/c1-23-20(26-15-22)27-17-7-9-21(10-8-17,16-5-3-2-4-6-16)14-25-19(28)18-13-29-12-11-24-18/h2-6,17-18,24H,7-14H2,1H3,(H,25,28)(H2,23,26,27)/t17-,18?,21-. The van der Waals surface area contributed by atoms with Crippen molar-refractivity contribution in [2.75, 3.05) is 33.4 Å². The predicted molar refractivity (Wildman–Crippen MR) is 111 cm³/mol. The third-order valence-electron chi connectivity index (χ3n) is 5.91.